The average Bonchev–Trinajstić information content (AvgIpc) is 2.84. The minimum Gasteiger partial charge on any atom is -0.317 e. The van der Waals surface area contributed by atoms with E-state index in [1.807, 2.05) is 20.0 Å². The predicted octanol–water partition coefficient (Wildman–Crippen LogP) is 2.47. The Bertz CT molecular complexity index is 483. The molecule has 0 aromatic carbocycles. The van der Waals surface area contributed by atoms with E-state index in [9.17, 15) is 0 Å². The van der Waals surface area contributed by atoms with E-state index in [1.165, 1.54) is 6.42 Å². The summed E-state index contributed by atoms with van der Waals surface area (Å²) in [7, 11) is 1.91. The van der Waals surface area contributed by atoms with Gasteiger partial charge >= 0.3 is 0 Å². The average molecular weight is 233 g/mol. The number of anilines is 2. The van der Waals surface area contributed by atoms with Gasteiger partial charge in [-0.3, -0.25) is 4.68 Å². The minimum absolute atomic E-state index is 0.888. The van der Waals surface area contributed by atoms with Gasteiger partial charge in [0.1, 0.15) is 5.82 Å². The van der Waals surface area contributed by atoms with Crippen LogP contribution in [0.2, 0.25) is 0 Å². The van der Waals surface area contributed by atoms with Gasteiger partial charge in [-0.1, -0.05) is 13.3 Å². The number of nitrogens with one attached hydrogen (secondary N) is 1. The molecule has 0 bridgehead atoms. The molecule has 0 atom stereocenters. The van der Waals surface area contributed by atoms with Crippen LogP contribution in [0.5, 0.6) is 0 Å². The second kappa shape index (κ2) is 5.03. The number of hydrogen-bond donors (Lipinski definition) is 1. The van der Waals surface area contributed by atoms with Crippen LogP contribution in [0.15, 0.2) is 18.5 Å². The highest BCUT2D eigenvalue weighted by molar-refractivity contribution is 5.48. The van der Waals surface area contributed by atoms with Crippen molar-refractivity contribution < 1.29 is 0 Å². The van der Waals surface area contributed by atoms with Crippen molar-refractivity contribution in [1.82, 2.24) is 19.3 Å². The van der Waals surface area contributed by atoms with Crippen molar-refractivity contribution in [3.63, 3.8) is 0 Å². The van der Waals surface area contributed by atoms with Crippen LogP contribution in [-0.2, 0) is 13.6 Å². The molecule has 0 aliphatic rings. The standard InChI is InChI=1S/C12H19N5/c1-4-5-8-17-9-10(2)14-12(17)15-11-6-7-13-16(11)3/h6-7,9H,4-5,8H2,1-3H3,(H,14,15). The van der Waals surface area contributed by atoms with Crippen LogP contribution in [0.4, 0.5) is 11.8 Å². The number of unbranched alkanes of at least 4 members (excludes halogenated alkanes) is 1. The van der Waals surface area contributed by atoms with Gasteiger partial charge in [-0.05, 0) is 13.3 Å². The van der Waals surface area contributed by atoms with Crippen molar-refractivity contribution in [3.8, 4) is 0 Å². The fourth-order valence-electron chi connectivity index (χ4n) is 1.76. The molecule has 17 heavy (non-hydrogen) atoms. The number of nitrogens with zero attached hydrogens (tertiary/aromatic N) is 4. The van der Waals surface area contributed by atoms with Crippen LogP contribution in [0.1, 0.15) is 25.5 Å². The van der Waals surface area contributed by atoms with Crippen molar-refractivity contribution in [2.24, 2.45) is 7.05 Å². The Labute approximate surface area is 101 Å². The fraction of sp³-hybridized carbons (Fsp3) is 0.500. The van der Waals surface area contributed by atoms with Gasteiger partial charge in [0.05, 0.1) is 11.9 Å². The van der Waals surface area contributed by atoms with E-state index in [0.29, 0.717) is 0 Å². The third-order valence-corrected chi connectivity index (χ3v) is 2.71. The van der Waals surface area contributed by atoms with E-state index in [2.05, 4.69) is 33.1 Å². The maximum Gasteiger partial charge on any atom is 0.208 e. The Hall–Kier alpha value is -1.78. The van der Waals surface area contributed by atoms with Crippen LogP contribution in [0.25, 0.3) is 0 Å². The van der Waals surface area contributed by atoms with Gasteiger partial charge in [0.2, 0.25) is 5.95 Å². The molecule has 2 aromatic rings. The summed E-state index contributed by atoms with van der Waals surface area (Å²) in [5.41, 5.74) is 1.03. The zero-order valence-electron chi connectivity index (χ0n) is 10.6. The molecule has 1 N–H and O–H groups in total. The highest BCUT2D eigenvalue weighted by Gasteiger charge is 2.07. The quantitative estimate of drug-likeness (QED) is 0.863. The summed E-state index contributed by atoms with van der Waals surface area (Å²) in [6, 6.07) is 1.94. The van der Waals surface area contributed by atoms with Crippen molar-refractivity contribution >= 4 is 11.8 Å². The van der Waals surface area contributed by atoms with Gasteiger partial charge < -0.3 is 9.88 Å². The molecule has 0 unspecified atom stereocenters. The van der Waals surface area contributed by atoms with Crippen molar-refractivity contribution in [2.75, 3.05) is 5.32 Å². The predicted molar refractivity (Wildman–Crippen MR) is 68.4 cm³/mol. The van der Waals surface area contributed by atoms with Crippen molar-refractivity contribution in [1.29, 1.82) is 0 Å². The summed E-state index contributed by atoms with van der Waals surface area (Å²) in [6.45, 7) is 5.20. The molecule has 2 rings (SSSR count). The van der Waals surface area contributed by atoms with Crippen LogP contribution in [0.3, 0.4) is 0 Å². The lowest BCUT2D eigenvalue weighted by Crippen LogP contribution is -2.06. The molecular weight excluding hydrogens is 214 g/mol. The Morgan fingerprint density at radius 1 is 1.41 bits per heavy atom. The normalized spacial score (nSPS) is 10.8. The second-order valence-corrected chi connectivity index (χ2v) is 4.22. The highest BCUT2D eigenvalue weighted by Crippen LogP contribution is 2.16. The molecule has 5 heteroatoms. The lowest BCUT2D eigenvalue weighted by Gasteiger charge is -2.08. The van der Waals surface area contributed by atoms with Crippen LogP contribution >= 0.6 is 0 Å². The third-order valence-electron chi connectivity index (χ3n) is 2.71. The molecule has 0 spiro atoms. The van der Waals surface area contributed by atoms with E-state index < -0.39 is 0 Å². The lowest BCUT2D eigenvalue weighted by atomic mass is 10.3. The van der Waals surface area contributed by atoms with Crippen molar-refractivity contribution in [3.05, 3.63) is 24.2 Å². The molecule has 2 aromatic heterocycles. The SMILES string of the molecule is CCCCn1cc(C)nc1Nc1ccnn1C. The zero-order valence-corrected chi connectivity index (χ0v) is 10.6. The summed E-state index contributed by atoms with van der Waals surface area (Å²) in [5, 5.41) is 7.43. The van der Waals surface area contributed by atoms with Crippen LogP contribution in [0, 0.1) is 6.92 Å². The molecule has 0 aliphatic carbocycles. The van der Waals surface area contributed by atoms with E-state index in [1.54, 1.807) is 10.9 Å². The van der Waals surface area contributed by atoms with E-state index >= 15 is 0 Å². The topological polar surface area (TPSA) is 47.7 Å². The number of aryl methyl sites for hydroxylation is 3. The first-order valence-electron chi connectivity index (χ1n) is 5.99. The van der Waals surface area contributed by atoms with Gasteiger partial charge in [-0.25, -0.2) is 4.98 Å². The van der Waals surface area contributed by atoms with Gasteiger partial charge in [-0.15, -0.1) is 0 Å². The molecular formula is C12H19N5. The molecule has 0 radical (unpaired) electrons. The van der Waals surface area contributed by atoms with Gasteiger partial charge in [0.25, 0.3) is 0 Å². The first kappa shape index (κ1) is 11.7. The van der Waals surface area contributed by atoms with E-state index in [-0.39, 0.29) is 0 Å². The first-order valence-corrected chi connectivity index (χ1v) is 5.99. The molecule has 92 valence electrons. The molecule has 0 saturated carbocycles. The van der Waals surface area contributed by atoms with Crippen molar-refractivity contribution in [2.45, 2.75) is 33.2 Å². The number of imidazole rings is 1. The van der Waals surface area contributed by atoms with Gasteiger partial charge in [0.15, 0.2) is 0 Å². The summed E-state index contributed by atoms with van der Waals surface area (Å²) >= 11 is 0. The molecule has 2 heterocycles. The second-order valence-electron chi connectivity index (χ2n) is 4.22. The van der Waals surface area contributed by atoms with Crippen LogP contribution < -0.4 is 5.32 Å². The number of rotatable bonds is 5. The monoisotopic (exact) mass is 233 g/mol. The molecule has 0 saturated heterocycles. The molecule has 5 nitrogen and oxygen atoms in total. The Morgan fingerprint density at radius 2 is 2.24 bits per heavy atom. The highest BCUT2D eigenvalue weighted by atomic mass is 15.3. The fourth-order valence-corrected chi connectivity index (χ4v) is 1.76. The maximum absolute atomic E-state index is 4.49. The van der Waals surface area contributed by atoms with Gasteiger partial charge in [-0.2, -0.15) is 5.10 Å². The third kappa shape index (κ3) is 2.67. The summed E-state index contributed by atoms with van der Waals surface area (Å²) in [6.07, 6.45) is 6.20. The molecule has 0 aliphatic heterocycles. The summed E-state index contributed by atoms with van der Waals surface area (Å²) in [5.74, 6) is 1.84. The summed E-state index contributed by atoms with van der Waals surface area (Å²) < 4.78 is 3.96. The minimum atomic E-state index is 0.888. The first-order chi connectivity index (χ1) is 8.20. The van der Waals surface area contributed by atoms with Crippen LogP contribution in [-0.4, -0.2) is 19.3 Å². The Kier molecular flexibility index (Phi) is 3.46. The Balaban J connectivity index is 2.17. The number of hydrogen-bond acceptors (Lipinski definition) is 3. The van der Waals surface area contributed by atoms with E-state index in [0.717, 1.165) is 30.4 Å². The molecule has 0 amide bonds. The summed E-state index contributed by atoms with van der Waals surface area (Å²) in [4.78, 5) is 4.49. The largest absolute Gasteiger partial charge is 0.317 e. The zero-order chi connectivity index (χ0) is 12.3. The smallest absolute Gasteiger partial charge is 0.208 e. The van der Waals surface area contributed by atoms with E-state index in [4.69, 9.17) is 0 Å². The number of aromatic nitrogens is 4. The van der Waals surface area contributed by atoms with Gasteiger partial charge in [0, 0.05) is 25.9 Å². The maximum atomic E-state index is 4.49. The lowest BCUT2D eigenvalue weighted by molar-refractivity contribution is 0.636. The Morgan fingerprint density at radius 3 is 2.88 bits per heavy atom. The molecule has 0 fully saturated rings.